The fraction of sp³-hybridized carbons (Fsp3) is 0.464. The van der Waals surface area contributed by atoms with Crippen molar-refractivity contribution in [2.45, 2.75) is 46.1 Å². The Morgan fingerprint density at radius 1 is 1.06 bits per heavy atom. The Kier molecular flexibility index (Phi) is 6.88. The molecule has 2 aromatic carbocycles. The highest BCUT2D eigenvalue weighted by molar-refractivity contribution is 5.85. The molecular formula is C28H34N2O5. The number of hydrogen-bond donors (Lipinski definition) is 2. The molecule has 1 aliphatic carbocycles. The van der Waals surface area contributed by atoms with Crippen molar-refractivity contribution in [2.24, 2.45) is 17.3 Å². The average molecular weight is 479 g/mol. The molecule has 2 aromatic rings. The first-order valence-corrected chi connectivity index (χ1v) is 12.2. The lowest BCUT2D eigenvalue weighted by molar-refractivity contribution is -0.143. The molecule has 0 saturated carbocycles. The van der Waals surface area contributed by atoms with E-state index in [2.05, 4.69) is 29.6 Å². The molecule has 186 valence electrons. The summed E-state index contributed by atoms with van der Waals surface area (Å²) in [4.78, 5) is 39.2. The zero-order chi connectivity index (χ0) is 25.3. The van der Waals surface area contributed by atoms with Crippen LogP contribution in [-0.4, -0.2) is 53.7 Å². The van der Waals surface area contributed by atoms with E-state index >= 15 is 0 Å². The van der Waals surface area contributed by atoms with Gasteiger partial charge in [-0.25, -0.2) is 4.79 Å². The molecule has 0 radical (unpaired) electrons. The second-order valence-electron chi connectivity index (χ2n) is 10.5. The van der Waals surface area contributed by atoms with E-state index in [0.717, 1.165) is 22.3 Å². The number of fused-ring (bicyclic) bond motifs is 3. The summed E-state index contributed by atoms with van der Waals surface area (Å²) in [5.74, 6) is -1.65. The van der Waals surface area contributed by atoms with Gasteiger partial charge in [-0.1, -0.05) is 62.4 Å². The molecule has 2 aliphatic rings. The van der Waals surface area contributed by atoms with Gasteiger partial charge in [0.25, 0.3) is 0 Å². The lowest BCUT2D eigenvalue weighted by Crippen LogP contribution is -2.55. The fourth-order valence-corrected chi connectivity index (χ4v) is 5.63. The maximum atomic E-state index is 13.3. The Morgan fingerprint density at radius 3 is 2.14 bits per heavy atom. The number of ether oxygens (including phenoxy) is 1. The summed E-state index contributed by atoms with van der Waals surface area (Å²) in [7, 11) is 0. The van der Waals surface area contributed by atoms with Gasteiger partial charge in [-0.2, -0.15) is 0 Å². The lowest BCUT2D eigenvalue weighted by atomic mass is 9.77. The van der Waals surface area contributed by atoms with E-state index in [4.69, 9.17) is 4.74 Å². The second kappa shape index (κ2) is 9.72. The van der Waals surface area contributed by atoms with Gasteiger partial charge in [-0.05, 0) is 48.4 Å². The smallest absolute Gasteiger partial charge is 0.407 e. The maximum absolute atomic E-state index is 13.3. The molecule has 2 unspecified atom stereocenters. The molecule has 1 saturated heterocycles. The number of carboxylic acids is 1. The summed E-state index contributed by atoms with van der Waals surface area (Å²) in [6, 6.07) is 15.8. The van der Waals surface area contributed by atoms with Crippen molar-refractivity contribution in [3.05, 3.63) is 59.7 Å². The van der Waals surface area contributed by atoms with E-state index in [1.54, 1.807) is 18.7 Å². The van der Waals surface area contributed by atoms with Crippen molar-refractivity contribution in [1.29, 1.82) is 0 Å². The lowest BCUT2D eigenvalue weighted by Gasteiger charge is -2.38. The van der Waals surface area contributed by atoms with E-state index in [1.807, 2.05) is 38.1 Å². The van der Waals surface area contributed by atoms with Crippen molar-refractivity contribution in [3.8, 4) is 11.1 Å². The number of carbonyl (C=O) groups excluding carboxylic acids is 2. The van der Waals surface area contributed by atoms with Crippen LogP contribution in [0.3, 0.4) is 0 Å². The number of carboxylic acid groups (broad SMARTS) is 1. The van der Waals surface area contributed by atoms with E-state index in [-0.39, 0.29) is 30.9 Å². The summed E-state index contributed by atoms with van der Waals surface area (Å²) in [6.45, 7) is 8.32. The van der Waals surface area contributed by atoms with Crippen LogP contribution in [0.5, 0.6) is 0 Å². The van der Waals surface area contributed by atoms with Crippen molar-refractivity contribution in [2.75, 3.05) is 19.7 Å². The monoisotopic (exact) mass is 478 g/mol. The number of aliphatic carboxylic acids is 1. The molecule has 4 rings (SSSR count). The van der Waals surface area contributed by atoms with Gasteiger partial charge < -0.3 is 20.1 Å². The van der Waals surface area contributed by atoms with Crippen molar-refractivity contribution in [3.63, 3.8) is 0 Å². The number of likely N-dealkylation sites (tertiary alicyclic amines) is 1. The molecule has 7 nitrogen and oxygen atoms in total. The van der Waals surface area contributed by atoms with E-state index in [9.17, 15) is 19.5 Å². The minimum absolute atomic E-state index is 0.0349. The van der Waals surface area contributed by atoms with Crippen LogP contribution in [0.1, 0.15) is 51.2 Å². The molecule has 2 amide bonds. The van der Waals surface area contributed by atoms with E-state index in [1.165, 1.54) is 0 Å². The van der Waals surface area contributed by atoms with Gasteiger partial charge in [-0.15, -0.1) is 0 Å². The fourth-order valence-electron chi connectivity index (χ4n) is 5.63. The van der Waals surface area contributed by atoms with Crippen LogP contribution in [0.15, 0.2) is 48.5 Å². The largest absolute Gasteiger partial charge is 0.481 e. The number of rotatable bonds is 7. The second-order valence-corrected chi connectivity index (χ2v) is 10.5. The third kappa shape index (κ3) is 4.77. The van der Waals surface area contributed by atoms with Crippen LogP contribution in [0.25, 0.3) is 11.1 Å². The minimum Gasteiger partial charge on any atom is -0.481 e. The van der Waals surface area contributed by atoms with Crippen LogP contribution >= 0.6 is 0 Å². The highest BCUT2D eigenvalue weighted by atomic mass is 16.5. The van der Waals surface area contributed by atoms with E-state index in [0.29, 0.717) is 13.0 Å². The summed E-state index contributed by atoms with van der Waals surface area (Å²) in [6.07, 6.45) is -0.111. The zero-order valence-electron chi connectivity index (χ0n) is 20.8. The van der Waals surface area contributed by atoms with Gasteiger partial charge >= 0.3 is 12.1 Å². The summed E-state index contributed by atoms with van der Waals surface area (Å²) in [5, 5.41) is 12.2. The van der Waals surface area contributed by atoms with Gasteiger partial charge in [0, 0.05) is 25.0 Å². The molecule has 1 fully saturated rings. The average Bonchev–Trinajstić information content (AvgIpc) is 3.44. The number of alkyl carbamates (subject to hydrolysis) is 1. The van der Waals surface area contributed by atoms with Gasteiger partial charge in [-0.3, -0.25) is 9.59 Å². The Hall–Kier alpha value is -3.35. The number of carbonyl (C=O) groups is 3. The number of nitrogens with one attached hydrogen (secondary N) is 1. The third-order valence-corrected chi connectivity index (χ3v) is 7.44. The molecule has 35 heavy (non-hydrogen) atoms. The van der Waals surface area contributed by atoms with Crippen LogP contribution < -0.4 is 5.32 Å². The molecule has 2 N–H and O–H groups in total. The Balaban J connectivity index is 1.43. The van der Waals surface area contributed by atoms with Gasteiger partial charge in [0.15, 0.2) is 0 Å². The maximum Gasteiger partial charge on any atom is 0.407 e. The minimum atomic E-state index is -0.923. The van der Waals surface area contributed by atoms with E-state index < -0.39 is 29.4 Å². The zero-order valence-corrected chi connectivity index (χ0v) is 20.8. The molecule has 0 bridgehead atoms. The first-order chi connectivity index (χ1) is 16.6. The predicted molar refractivity (Wildman–Crippen MR) is 133 cm³/mol. The summed E-state index contributed by atoms with van der Waals surface area (Å²) in [5.41, 5.74) is 3.68. The van der Waals surface area contributed by atoms with Crippen LogP contribution in [0.4, 0.5) is 4.79 Å². The highest BCUT2D eigenvalue weighted by Gasteiger charge is 2.44. The molecule has 0 aromatic heterocycles. The quantitative estimate of drug-likeness (QED) is 0.611. The molecule has 7 heteroatoms. The Bertz CT molecular complexity index is 1080. The van der Waals surface area contributed by atoms with Gasteiger partial charge in [0.2, 0.25) is 5.91 Å². The first-order valence-electron chi connectivity index (χ1n) is 12.2. The molecule has 0 spiro atoms. The number of amides is 2. The Morgan fingerprint density at radius 2 is 1.63 bits per heavy atom. The molecule has 2 atom stereocenters. The predicted octanol–water partition coefficient (Wildman–Crippen LogP) is 4.51. The standard InChI is InChI=1S/C28H34N2O5/c1-17(2)24(28(3,4)26(33)30-14-13-18(15-30)25(31)32)29-27(34)35-16-23-21-11-7-5-9-19(21)20-10-6-8-12-22(20)23/h5-12,17-18,23-24H,13-16H2,1-4H3,(H,29,34)(H,31,32). The third-order valence-electron chi connectivity index (χ3n) is 7.44. The molecule has 1 heterocycles. The van der Waals surface area contributed by atoms with Gasteiger partial charge in [0.05, 0.1) is 11.3 Å². The molecular weight excluding hydrogens is 444 g/mol. The molecule has 1 aliphatic heterocycles. The summed E-state index contributed by atoms with van der Waals surface area (Å²) < 4.78 is 5.72. The first kappa shape index (κ1) is 24.8. The van der Waals surface area contributed by atoms with Crippen LogP contribution in [0, 0.1) is 17.3 Å². The number of nitrogens with zero attached hydrogens (tertiary/aromatic N) is 1. The van der Waals surface area contributed by atoms with Crippen LogP contribution in [0.2, 0.25) is 0 Å². The highest BCUT2D eigenvalue weighted by Crippen LogP contribution is 2.44. The van der Waals surface area contributed by atoms with Gasteiger partial charge in [0.1, 0.15) is 6.61 Å². The SMILES string of the molecule is CC(C)C(NC(=O)OCC1c2ccccc2-c2ccccc21)C(C)(C)C(=O)N1CCC(C(=O)O)C1. The Labute approximate surface area is 206 Å². The number of benzene rings is 2. The normalized spacial score (nSPS) is 18.2. The van der Waals surface area contributed by atoms with Crippen molar-refractivity contribution in [1.82, 2.24) is 10.2 Å². The van der Waals surface area contributed by atoms with Crippen LogP contribution in [-0.2, 0) is 14.3 Å². The van der Waals surface area contributed by atoms with Crippen molar-refractivity contribution < 1.29 is 24.2 Å². The van der Waals surface area contributed by atoms with Crippen molar-refractivity contribution >= 4 is 18.0 Å². The number of hydrogen-bond acceptors (Lipinski definition) is 4. The topological polar surface area (TPSA) is 95.9 Å². The summed E-state index contributed by atoms with van der Waals surface area (Å²) >= 11 is 0.